The molecule has 5 nitrogen and oxygen atoms in total. The zero-order valence-corrected chi connectivity index (χ0v) is 20.9. The molecule has 1 atom stereocenters. The minimum absolute atomic E-state index is 0.274. The van der Waals surface area contributed by atoms with Crippen molar-refractivity contribution in [3.63, 3.8) is 0 Å². The average molecular weight is 506 g/mol. The lowest BCUT2D eigenvalue weighted by Gasteiger charge is -2.28. The standard InChI is InChI=1S/C28H27NO4S2/c30-28(31)25(33-19-21-5-2-1-3-6-21)17-20-7-9-24(10-8-20)32-14-4-13-29-26-22(11-15-34-26)18-23-12-16-35-27(23)29/h1-3,5-12,15-16,25H,4,13-14,17-19H2,(H,30,31). The Morgan fingerprint density at radius 3 is 2.26 bits per heavy atom. The largest absolute Gasteiger partial charge is 0.494 e. The summed E-state index contributed by atoms with van der Waals surface area (Å²) in [5.41, 5.74) is 4.67. The van der Waals surface area contributed by atoms with Crippen molar-refractivity contribution in [1.29, 1.82) is 0 Å². The highest BCUT2D eigenvalue weighted by Crippen LogP contribution is 2.44. The molecule has 4 aromatic rings. The zero-order valence-electron chi connectivity index (χ0n) is 19.3. The second kappa shape index (κ2) is 11.1. The molecule has 0 aliphatic carbocycles. The van der Waals surface area contributed by atoms with Crippen LogP contribution in [0.1, 0.15) is 28.7 Å². The number of carboxylic acids is 1. The molecule has 0 radical (unpaired) electrons. The van der Waals surface area contributed by atoms with E-state index in [4.69, 9.17) is 9.47 Å². The number of ether oxygens (including phenoxy) is 2. The Morgan fingerprint density at radius 2 is 1.60 bits per heavy atom. The third-order valence-corrected chi connectivity index (χ3v) is 7.98. The third-order valence-electron chi connectivity index (χ3n) is 6.03. The van der Waals surface area contributed by atoms with E-state index < -0.39 is 12.1 Å². The summed E-state index contributed by atoms with van der Waals surface area (Å²) in [5.74, 6) is -0.167. The second-order valence-electron chi connectivity index (χ2n) is 8.50. The Balaban J connectivity index is 1.11. The lowest BCUT2D eigenvalue weighted by Crippen LogP contribution is -2.26. The number of anilines is 2. The van der Waals surface area contributed by atoms with Crippen LogP contribution in [0.2, 0.25) is 0 Å². The fourth-order valence-corrected chi connectivity index (χ4v) is 6.22. The molecule has 35 heavy (non-hydrogen) atoms. The first-order valence-corrected chi connectivity index (χ1v) is 13.4. The summed E-state index contributed by atoms with van der Waals surface area (Å²) in [6, 6.07) is 21.7. The number of benzene rings is 2. The van der Waals surface area contributed by atoms with Crippen molar-refractivity contribution in [3.05, 3.63) is 99.7 Å². The van der Waals surface area contributed by atoms with Gasteiger partial charge in [0.05, 0.1) is 23.2 Å². The van der Waals surface area contributed by atoms with Crippen molar-refractivity contribution in [1.82, 2.24) is 0 Å². The number of fused-ring (bicyclic) bond motifs is 2. The molecule has 0 saturated carbocycles. The zero-order chi connectivity index (χ0) is 24.0. The van der Waals surface area contributed by atoms with Crippen LogP contribution in [0.15, 0.2) is 77.5 Å². The fraction of sp³-hybridized carbons (Fsp3) is 0.250. The molecular weight excluding hydrogens is 478 g/mol. The van der Waals surface area contributed by atoms with E-state index in [2.05, 4.69) is 27.8 Å². The van der Waals surface area contributed by atoms with Gasteiger partial charge in [0.25, 0.3) is 0 Å². The summed E-state index contributed by atoms with van der Waals surface area (Å²) < 4.78 is 11.6. The van der Waals surface area contributed by atoms with Gasteiger partial charge < -0.3 is 19.5 Å². The Morgan fingerprint density at radius 1 is 0.914 bits per heavy atom. The maximum atomic E-state index is 11.7. The Bertz CT molecular complexity index is 1210. The monoisotopic (exact) mass is 505 g/mol. The molecule has 180 valence electrons. The number of nitrogens with zero attached hydrogens (tertiary/aromatic N) is 1. The topological polar surface area (TPSA) is 59.0 Å². The molecule has 1 N–H and O–H groups in total. The summed E-state index contributed by atoms with van der Waals surface area (Å²) in [6.07, 6.45) is 1.35. The first-order chi connectivity index (χ1) is 17.2. The molecule has 1 aliphatic heterocycles. The predicted molar refractivity (Wildman–Crippen MR) is 141 cm³/mol. The molecule has 0 amide bonds. The number of carbonyl (C=O) groups is 1. The maximum Gasteiger partial charge on any atom is 0.333 e. The summed E-state index contributed by atoms with van der Waals surface area (Å²) >= 11 is 3.61. The SMILES string of the molecule is O=C(O)C(Cc1ccc(OCCCN2c3sccc3Cc3ccsc32)cc1)OCc1ccccc1. The summed E-state index contributed by atoms with van der Waals surface area (Å²) in [7, 11) is 0. The molecule has 0 bridgehead atoms. The van der Waals surface area contributed by atoms with Crippen molar-refractivity contribution in [2.75, 3.05) is 18.1 Å². The fourth-order valence-electron chi connectivity index (χ4n) is 4.24. The molecule has 3 heterocycles. The number of hydrogen-bond donors (Lipinski definition) is 1. The summed E-state index contributed by atoms with van der Waals surface area (Å²) in [6.45, 7) is 1.81. The predicted octanol–water partition coefficient (Wildman–Crippen LogP) is 6.53. The number of carboxylic acid groups (broad SMARTS) is 1. The van der Waals surface area contributed by atoms with Crippen LogP contribution >= 0.6 is 22.7 Å². The van der Waals surface area contributed by atoms with Gasteiger partial charge in [0.2, 0.25) is 0 Å². The van der Waals surface area contributed by atoms with E-state index in [0.717, 1.165) is 36.3 Å². The number of thiophene rings is 2. The van der Waals surface area contributed by atoms with Gasteiger partial charge in [0.1, 0.15) is 5.75 Å². The number of hydrogen-bond acceptors (Lipinski definition) is 6. The van der Waals surface area contributed by atoms with Crippen LogP contribution in [0.5, 0.6) is 5.75 Å². The van der Waals surface area contributed by atoms with E-state index in [1.54, 1.807) is 22.7 Å². The van der Waals surface area contributed by atoms with Crippen molar-refractivity contribution < 1.29 is 19.4 Å². The Kier molecular flexibility index (Phi) is 7.47. The van der Waals surface area contributed by atoms with E-state index in [-0.39, 0.29) is 6.61 Å². The Hall–Kier alpha value is -3.13. The normalized spacial score (nSPS) is 13.2. The maximum absolute atomic E-state index is 11.7. The van der Waals surface area contributed by atoms with E-state index >= 15 is 0 Å². The molecule has 2 aromatic heterocycles. The quantitative estimate of drug-likeness (QED) is 0.235. The number of rotatable bonds is 11. The highest BCUT2D eigenvalue weighted by Gasteiger charge is 2.24. The van der Waals surface area contributed by atoms with Gasteiger partial charge in [-0.15, -0.1) is 22.7 Å². The first kappa shape index (κ1) is 23.6. The number of aliphatic carboxylic acids is 1. The van der Waals surface area contributed by atoms with Gasteiger partial charge in [-0.2, -0.15) is 0 Å². The van der Waals surface area contributed by atoms with Crippen molar-refractivity contribution in [2.24, 2.45) is 0 Å². The molecule has 2 aromatic carbocycles. The second-order valence-corrected chi connectivity index (χ2v) is 10.3. The van der Waals surface area contributed by atoms with Gasteiger partial charge in [-0.3, -0.25) is 0 Å². The minimum Gasteiger partial charge on any atom is -0.494 e. The van der Waals surface area contributed by atoms with E-state index in [9.17, 15) is 9.90 Å². The molecule has 1 unspecified atom stereocenters. The van der Waals surface area contributed by atoms with Crippen molar-refractivity contribution >= 4 is 38.6 Å². The molecule has 5 rings (SSSR count). The van der Waals surface area contributed by atoms with E-state index in [1.807, 2.05) is 54.6 Å². The third kappa shape index (κ3) is 5.75. The van der Waals surface area contributed by atoms with Gasteiger partial charge in [-0.25, -0.2) is 4.79 Å². The van der Waals surface area contributed by atoms with Crippen LogP contribution in [0.4, 0.5) is 10.0 Å². The van der Waals surface area contributed by atoms with Crippen LogP contribution in [-0.2, 0) is 29.0 Å². The molecule has 0 fully saturated rings. The molecule has 0 spiro atoms. The van der Waals surface area contributed by atoms with Crippen LogP contribution in [0.3, 0.4) is 0 Å². The van der Waals surface area contributed by atoms with Crippen molar-refractivity contribution in [2.45, 2.75) is 32.0 Å². The van der Waals surface area contributed by atoms with Crippen LogP contribution in [0.25, 0.3) is 0 Å². The van der Waals surface area contributed by atoms with Crippen molar-refractivity contribution in [3.8, 4) is 5.75 Å². The summed E-state index contributed by atoms with van der Waals surface area (Å²) in [4.78, 5) is 14.1. The van der Waals surface area contributed by atoms with Crippen LogP contribution < -0.4 is 9.64 Å². The van der Waals surface area contributed by atoms with Gasteiger partial charge in [-0.05, 0) is 63.7 Å². The highest BCUT2D eigenvalue weighted by molar-refractivity contribution is 7.17. The van der Waals surface area contributed by atoms with Gasteiger partial charge in [0.15, 0.2) is 6.10 Å². The van der Waals surface area contributed by atoms with Gasteiger partial charge in [-0.1, -0.05) is 42.5 Å². The Labute approximate surface area is 213 Å². The minimum atomic E-state index is -0.957. The van der Waals surface area contributed by atoms with E-state index in [1.165, 1.54) is 21.1 Å². The van der Waals surface area contributed by atoms with Crippen LogP contribution in [0, 0.1) is 0 Å². The average Bonchev–Trinajstić information content (AvgIpc) is 3.54. The van der Waals surface area contributed by atoms with Gasteiger partial charge in [0, 0.05) is 19.4 Å². The lowest BCUT2D eigenvalue weighted by atomic mass is 10.1. The first-order valence-electron chi connectivity index (χ1n) is 11.7. The van der Waals surface area contributed by atoms with Crippen LogP contribution in [-0.4, -0.2) is 30.3 Å². The molecular formula is C28H27NO4S2. The molecule has 7 heteroatoms. The lowest BCUT2D eigenvalue weighted by molar-refractivity contribution is -0.151. The smallest absolute Gasteiger partial charge is 0.333 e. The molecule has 1 aliphatic rings. The van der Waals surface area contributed by atoms with E-state index in [0.29, 0.717) is 13.0 Å². The summed E-state index contributed by atoms with van der Waals surface area (Å²) in [5, 5.41) is 16.6. The van der Waals surface area contributed by atoms with Gasteiger partial charge >= 0.3 is 5.97 Å². The molecule has 0 saturated heterocycles. The highest BCUT2D eigenvalue weighted by atomic mass is 32.1.